The van der Waals surface area contributed by atoms with Gasteiger partial charge in [-0.15, -0.1) is 11.8 Å². The molecular formula is C14H23NO2S. The third-order valence-electron chi connectivity index (χ3n) is 2.42. The second-order valence-electron chi connectivity index (χ2n) is 5.36. The molecule has 0 aliphatic carbocycles. The fraction of sp³-hybridized carbons (Fsp3) is 0.571. The van der Waals surface area contributed by atoms with E-state index in [2.05, 4.69) is 38.2 Å². The molecule has 3 N–H and O–H groups in total. The molecule has 0 fully saturated rings. The fourth-order valence-corrected chi connectivity index (χ4v) is 2.37. The van der Waals surface area contributed by atoms with E-state index in [0.29, 0.717) is 5.75 Å². The Morgan fingerprint density at radius 1 is 1.28 bits per heavy atom. The smallest absolute Gasteiger partial charge is 0.0864 e. The molecule has 0 saturated carbocycles. The molecule has 0 radical (unpaired) electrons. The van der Waals surface area contributed by atoms with Crippen molar-refractivity contribution < 1.29 is 10.2 Å². The summed E-state index contributed by atoms with van der Waals surface area (Å²) in [6.45, 7) is 7.03. The van der Waals surface area contributed by atoms with E-state index < -0.39 is 6.10 Å². The summed E-state index contributed by atoms with van der Waals surface area (Å²) in [4.78, 5) is 1.15. The minimum absolute atomic E-state index is 0.0857. The zero-order chi connectivity index (χ0) is 13.6. The topological polar surface area (TPSA) is 52.5 Å². The normalized spacial score (nSPS) is 13.6. The van der Waals surface area contributed by atoms with Gasteiger partial charge in [0.25, 0.3) is 0 Å². The number of hydrogen-bond donors (Lipinski definition) is 3. The average Bonchev–Trinajstić information content (AvgIpc) is 2.33. The highest BCUT2D eigenvalue weighted by Gasteiger charge is 2.11. The second kappa shape index (κ2) is 7.14. The number of aliphatic hydroxyl groups is 2. The van der Waals surface area contributed by atoms with Crippen molar-refractivity contribution in [3.05, 3.63) is 29.8 Å². The molecule has 0 aliphatic heterocycles. The highest BCUT2D eigenvalue weighted by molar-refractivity contribution is 7.99. The van der Waals surface area contributed by atoms with Gasteiger partial charge >= 0.3 is 0 Å². The van der Waals surface area contributed by atoms with E-state index in [1.807, 2.05) is 12.1 Å². The molecular weight excluding hydrogens is 246 g/mol. The summed E-state index contributed by atoms with van der Waals surface area (Å²) in [6, 6.07) is 8.15. The molecule has 4 heteroatoms. The van der Waals surface area contributed by atoms with Gasteiger partial charge in [0.1, 0.15) is 0 Å². The summed E-state index contributed by atoms with van der Waals surface area (Å²) in [7, 11) is 0. The third kappa shape index (κ3) is 5.87. The van der Waals surface area contributed by atoms with Crippen LogP contribution in [0.15, 0.2) is 29.2 Å². The molecule has 1 aromatic carbocycles. The van der Waals surface area contributed by atoms with E-state index in [1.54, 1.807) is 11.8 Å². The number of nitrogens with one attached hydrogen (secondary N) is 1. The average molecular weight is 269 g/mol. The van der Waals surface area contributed by atoms with Crippen LogP contribution in [0.1, 0.15) is 26.3 Å². The highest BCUT2D eigenvalue weighted by Crippen LogP contribution is 2.23. The van der Waals surface area contributed by atoms with Gasteiger partial charge in [-0.05, 0) is 32.4 Å². The number of hydrogen-bond acceptors (Lipinski definition) is 4. The Labute approximate surface area is 114 Å². The van der Waals surface area contributed by atoms with Crippen LogP contribution >= 0.6 is 11.8 Å². The standard InChI is InChI=1S/C14H23NO2S/c1-14(2,3)15-8-11-6-4-5-7-13(11)18-10-12(17)9-16/h4-7,12,15-17H,8-10H2,1-3H3. The Bertz CT molecular complexity index is 363. The van der Waals surface area contributed by atoms with Gasteiger partial charge in [0, 0.05) is 22.7 Å². The van der Waals surface area contributed by atoms with E-state index in [4.69, 9.17) is 5.11 Å². The van der Waals surface area contributed by atoms with Crippen molar-refractivity contribution in [2.45, 2.75) is 43.9 Å². The summed E-state index contributed by atoms with van der Waals surface area (Å²) in [6.07, 6.45) is -0.654. The van der Waals surface area contributed by atoms with Crippen molar-refractivity contribution in [3.8, 4) is 0 Å². The Hall–Kier alpha value is -0.550. The largest absolute Gasteiger partial charge is 0.394 e. The predicted octanol–water partition coefficient (Wildman–Crippen LogP) is 2.02. The lowest BCUT2D eigenvalue weighted by atomic mass is 10.1. The van der Waals surface area contributed by atoms with Gasteiger partial charge < -0.3 is 15.5 Å². The van der Waals surface area contributed by atoms with E-state index in [1.165, 1.54) is 5.56 Å². The number of aliphatic hydroxyl groups excluding tert-OH is 2. The quantitative estimate of drug-likeness (QED) is 0.692. The van der Waals surface area contributed by atoms with E-state index in [0.717, 1.165) is 11.4 Å². The van der Waals surface area contributed by atoms with Crippen molar-refractivity contribution in [2.24, 2.45) is 0 Å². The lowest BCUT2D eigenvalue weighted by Crippen LogP contribution is -2.35. The van der Waals surface area contributed by atoms with E-state index >= 15 is 0 Å². The fourth-order valence-electron chi connectivity index (χ4n) is 1.39. The minimum atomic E-state index is -0.654. The van der Waals surface area contributed by atoms with Crippen molar-refractivity contribution in [3.63, 3.8) is 0 Å². The van der Waals surface area contributed by atoms with Gasteiger partial charge in [0.2, 0.25) is 0 Å². The molecule has 0 amide bonds. The molecule has 0 saturated heterocycles. The molecule has 0 heterocycles. The van der Waals surface area contributed by atoms with Gasteiger partial charge in [-0.3, -0.25) is 0 Å². The molecule has 0 spiro atoms. The molecule has 0 aliphatic rings. The monoisotopic (exact) mass is 269 g/mol. The Balaban J connectivity index is 2.62. The number of thioether (sulfide) groups is 1. The van der Waals surface area contributed by atoms with Crippen LogP contribution in [0.3, 0.4) is 0 Å². The molecule has 1 aromatic rings. The van der Waals surface area contributed by atoms with Crippen LogP contribution in [-0.4, -0.2) is 34.2 Å². The molecule has 102 valence electrons. The first-order valence-electron chi connectivity index (χ1n) is 6.17. The zero-order valence-electron chi connectivity index (χ0n) is 11.3. The summed E-state index contributed by atoms with van der Waals surface area (Å²) in [5.41, 5.74) is 1.31. The van der Waals surface area contributed by atoms with E-state index in [9.17, 15) is 5.11 Å². The number of rotatable bonds is 6. The van der Waals surface area contributed by atoms with Crippen LogP contribution in [-0.2, 0) is 6.54 Å². The van der Waals surface area contributed by atoms with Crippen LogP contribution in [0.25, 0.3) is 0 Å². The molecule has 3 nitrogen and oxygen atoms in total. The van der Waals surface area contributed by atoms with Crippen LogP contribution in [0, 0.1) is 0 Å². The maximum absolute atomic E-state index is 9.38. The molecule has 18 heavy (non-hydrogen) atoms. The predicted molar refractivity (Wildman–Crippen MR) is 76.9 cm³/mol. The van der Waals surface area contributed by atoms with Crippen LogP contribution in [0.5, 0.6) is 0 Å². The lowest BCUT2D eigenvalue weighted by molar-refractivity contribution is 0.113. The lowest BCUT2D eigenvalue weighted by Gasteiger charge is -2.21. The molecule has 0 bridgehead atoms. The van der Waals surface area contributed by atoms with Gasteiger partial charge in [-0.25, -0.2) is 0 Å². The first kappa shape index (κ1) is 15.5. The van der Waals surface area contributed by atoms with Crippen LogP contribution < -0.4 is 5.32 Å². The highest BCUT2D eigenvalue weighted by atomic mass is 32.2. The molecule has 1 rings (SSSR count). The first-order valence-corrected chi connectivity index (χ1v) is 7.15. The Kier molecular flexibility index (Phi) is 6.15. The Morgan fingerprint density at radius 2 is 1.94 bits per heavy atom. The third-order valence-corrected chi connectivity index (χ3v) is 3.68. The van der Waals surface area contributed by atoms with Crippen molar-refractivity contribution in [2.75, 3.05) is 12.4 Å². The maximum atomic E-state index is 9.38. The van der Waals surface area contributed by atoms with Gasteiger partial charge in [0.05, 0.1) is 12.7 Å². The second-order valence-corrected chi connectivity index (χ2v) is 6.42. The molecule has 0 aromatic heterocycles. The first-order chi connectivity index (χ1) is 8.42. The summed E-state index contributed by atoms with van der Waals surface area (Å²) >= 11 is 1.58. The van der Waals surface area contributed by atoms with Crippen molar-refractivity contribution in [1.29, 1.82) is 0 Å². The van der Waals surface area contributed by atoms with Gasteiger partial charge in [0.15, 0.2) is 0 Å². The Morgan fingerprint density at radius 3 is 2.56 bits per heavy atom. The van der Waals surface area contributed by atoms with Crippen molar-refractivity contribution >= 4 is 11.8 Å². The zero-order valence-corrected chi connectivity index (χ0v) is 12.1. The van der Waals surface area contributed by atoms with Crippen molar-refractivity contribution in [1.82, 2.24) is 5.32 Å². The molecule has 1 atom stereocenters. The van der Waals surface area contributed by atoms with Gasteiger partial charge in [-0.2, -0.15) is 0 Å². The maximum Gasteiger partial charge on any atom is 0.0864 e. The van der Waals surface area contributed by atoms with Crippen LogP contribution in [0.4, 0.5) is 0 Å². The summed E-state index contributed by atoms with van der Waals surface area (Å²) in [5.74, 6) is 0.517. The van der Waals surface area contributed by atoms with Gasteiger partial charge in [-0.1, -0.05) is 18.2 Å². The van der Waals surface area contributed by atoms with E-state index in [-0.39, 0.29) is 12.1 Å². The molecule has 1 unspecified atom stereocenters. The summed E-state index contributed by atoms with van der Waals surface area (Å²) in [5, 5.41) is 21.7. The number of benzene rings is 1. The van der Waals surface area contributed by atoms with Crippen LogP contribution in [0.2, 0.25) is 0 Å². The SMILES string of the molecule is CC(C)(C)NCc1ccccc1SCC(O)CO. The summed E-state index contributed by atoms with van der Waals surface area (Å²) < 4.78 is 0. The minimum Gasteiger partial charge on any atom is -0.394 e.